The first kappa shape index (κ1) is 14.3. The molecule has 0 bridgehead atoms. The van der Waals surface area contributed by atoms with Crippen LogP contribution in [0.4, 0.5) is 0 Å². The topological polar surface area (TPSA) is 24.5 Å². The normalized spacial score (nSPS) is 26.0. The minimum absolute atomic E-state index is 0.571. The fraction of sp³-hybridized carbons (Fsp3) is 1.00. The maximum atomic E-state index is 5.71. The van der Waals surface area contributed by atoms with Crippen molar-refractivity contribution in [3.63, 3.8) is 0 Å². The lowest BCUT2D eigenvalue weighted by atomic mass is 10.0. The van der Waals surface area contributed by atoms with Gasteiger partial charge in [-0.2, -0.15) is 0 Å². The number of hydrogen-bond donors (Lipinski definition) is 1. The van der Waals surface area contributed by atoms with Gasteiger partial charge in [-0.15, -0.1) is 0 Å². The SMILES string of the molecule is CCCN(CCCC1CCCO1)C1CCNCC1. The van der Waals surface area contributed by atoms with Crippen molar-refractivity contribution in [2.24, 2.45) is 0 Å². The zero-order chi connectivity index (χ0) is 12.6. The number of hydrogen-bond acceptors (Lipinski definition) is 3. The van der Waals surface area contributed by atoms with Crippen LogP contribution >= 0.6 is 0 Å². The van der Waals surface area contributed by atoms with Crippen LogP contribution in [-0.2, 0) is 4.74 Å². The van der Waals surface area contributed by atoms with E-state index in [0.717, 1.165) is 12.6 Å². The van der Waals surface area contributed by atoms with Gasteiger partial charge in [0.15, 0.2) is 0 Å². The molecule has 1 unspecified atom stereocenters. The van der Waals surface area contributed by atoms with Gasteiger partial charge in [-0.1, -0.05) is 6.92 Å². The molecule has 0 amide bonds. The molecule has 0 spiro atoms. The zero-order valence-corrected chi connectivity index (χ0v) is 12.0. The van der Waals surface area contributed by atoms with Crippen LogP contribution in [0.25, 0.3) is 0 Å². The summed E-state index contributed by atoms with van der Waals surface area (Å²) in [6.07, 6.45) is 9.67. The second-order valence-electron chi connectivity index (χ2n) is 5.79. The van der Waals surface area contributed by atoms with Gasteiger partial charge in [-0.3, -0.25) is 0 Å². The third-order valence-electron chi connectivity index (χ3n) is 4.33. The molecule has 0 aromatic rings. The van der Waals surface area contributed by atoms with Gasteiger partial charge < -0.3 is 15.0 Å². The first-order chi connectivity index (χ1) is 8.90. The predicted molar refractivity (Wildman–Crippen MR) is 76.0 cm³/mol. The quantitative estimate of drug-likeness (QED) is 0.755. The highest BCUT2D eigenvalue weighted by Crippen LogP contribution is 2.18. The Balaban J connectivity index is 1.67. The zero-order valence-electron chi connectivity index (χ0n) is 12.0. The molecule has 0 radical (unpaired) electrons. The fourth-order valence-corrected chi connectivity index (χ4v) is 3.33. The molecule has 3 heteroatoms. The summed E-state index contributed by atoms with van der Waals surface area (Å²) in [5.41, 5.74) is 0. The molecule has 0 aliphatic carbocycles. The monoisotopic (exact) mass is 254 g/mol. The van der Waals surface area contributed by atoms with E-state index in [0.29, 0.717) is 6.10 Å². The highest BCUT2D eigenvalue weighted by Gasteiger charge is 2.21. The summed E-state index contributed by atoms with van der Waals surface area (Å²) >= 11 is 0. The van der Waals surface area contributed by atoms with E-state index in [4.69, 9.17) is 4.74 Å². The van der Waals surface area contributed by atoms with Crippen molar-refractivity contribution < 1.29 is 4.74 Å². The Morgan fingerprint density at radius 2 is 2.00 bits per heavy atom. The van der Waals surface area contributed by atoms with Crippen molar-refractivity contribution >= 4 is 0 Å². The Labute approximate surface area is 112 Å². The summed E-state index contributed by atoms with van der Waals surface area (Å²) in [5, 5.41) is 3.47. The summed E-state index contributed by atoms with van der Waals surface area (Å²) in [5.74, 6) is 0. The first-order valence-electron chi connectivity index (χ1n) is 7.96. The molecule has 2 heterocycles. The van der Waals surface area contributed by atoms with E-state index < -0.39 is 0 Å². The number of ether oxygens (including phenoxy) is 1. The van der Waals surface area contributed by atoms with Gasteiger partial charge in [-0.05, 0) is 71.1 Å². The standard InChI is InChI=1S/C15H30N2O/c1-2-11-17(14-7-9-16-10-8-14)12-3-5-15-6-4-13-18-15/h14-16H,2-13H2,1H3. The van der Waals surface area contributed by atoms with Crippen molar-refractivity contribution in [1.29, 1.82) is 0 Å². The molecule has 106 valence electrons. The average molecular weight is 254 g/mol. The lowest BCUT2D eigenvalue weighted by Gasteiger charge is -2.34. The van der Waals surface area contributed by atoms with Gasteiger partial charge in [0.25, 0.3) is 0 Å². The van der Waals surface area contributed by atoms with Crippen LogP contribution in [0.1, 0.15) is 51.9 Å². The smallest absolute Gasteiger partial charge is 0.0576 e. The van der Waals surface area contributed by atoms with Crippen LogP contribution in [0, 0.1) is 0 Å². The van der Waals surface area contributed by atoms with E-state index in [1.165, 1.54) is 71.1 Å². The maximum absolute atomic E-state index is 5.71. The van der Waals surface area contributed by atoms with E-state index >= 15 is 0 Å². The van der Waals surface area contributed by atoms with Crippen LogP contribution in [0.15, 0.2) is 0 Å². The minimum atomic E-state index is 0.571. The van der Waals surface area contributed by atoms with Crippen molar-refractivity contribution in [1.82, 2.24) is 10.2 Å². The molecule has 2 aliphatic rings. The highest BCUT2D eigenvalue weighted by atomic mass is 16.5. The number of rotatable bonds is 7. The molecule has 2 aliphatic heterocycles. The minimum Gasteiger partial charge on any atom is -0.378 e. The summed E-state index contributed by atoms with van der Waals surface area (Å²) in [4.78, 5) is 2.73. The maximum Gasteiger partial charge on any atom is 0.0576 e. The molecular weight excluding hydrogens is 224 g/mol. The molecule has 1 atom stereocenters. The second kappa shape index (κ2) is 8.13. The molecule has 18 heavy (non-hydrogen) atoms. The summed E-state index contributed by atoms with van der Waals surface area (Å²) in [6.45, 7) is 8.26. The Bertz CT molecular complexity index is 211. The summed E-state index contributed by atoms with van der Waals surface area (Å²) in [6, 6.07) is 0.829. The molecule has 0 saturated carbocycles. The molecule has 3 nitrogen and oxygen atoms in total. The third-order valence-corrected chi connectivity index (χ3v) is 4.33. The van der Waals surface area contributed by atoms with E-state index in [1.807, 2.05) is 0 Å². The van der Waals surface area contributed by atoms with Crippen LogP contribution in [0.3, 0.4) is 0 Å². The lowest BCUT2D eigenvalue weighted by Crippen LogP contribution is -2.44. The molecule has 0 aromatic heterocycles. The third kappa shape index (κ3) is 4.52. The molecule has 1 N–H and O–H groups in total. The fourth-order valence-electron chi connectivity index (χ4n) is 3.33. The highest BCUT2D eigenvalue weighted by molar-refractivity contribution is 4.78. The first-order valence-corrected chi connectivity index (χ1v) is 7.96. The molecule has 2 fully saturated rings. The molecule has 2 saturated heterocycles. The Morgan fingerprint density at radius 1 is 1.17 bits per heavy atom. The van der Waals surface area contributed by atoms with E-state index in [9.17, 15) is 0 Å². The van der Waals surface area contributed by atoms with Crippen LogP contribution in [0.5, 0.6) is 0 Å². The number of nitrogens with zero attached hydrogens (tertiary/aromatic N) is 1. The molecule has 0 aromatic carbocycles. The average Bonchev–Trinajstić information content (AvgIpc) is 2.92. The van der Waals surface area contributed by atoms with Gasteiger partial charge in [0.1, 0.15) is 0 Å². The van der Waals surface area contributed by atoms with Crippen molar-refractivity contribution in [3.8, 4) is 0 Å². The van der Waals surface area contributed by atoms with Gasteiger partial charge >= 0.3 is 0 Å². The number of nitrogens with one attached hydrogen (secondary N) is 1. The molecular formula is C15H30N2O. The van der Waals surface area contributed by atoms with E-state index in [1.54, 1.807) is 0 Å². The Morgan fingerprint density at radius 3 is 2.67 bits per heavy atom. The van der Waals surface area contributed by atoms with Crippen molar-refractivity contribution in [3.05, 3.63) is 0 Å². The van der Waals surface area contributed by atoms with Crippen molar-refractivity contribution in [2.75, 3.05) is 32.8 Å². The molecule has 2 rings (SSSR count). The summed E-state index contributed by atoms with van der Waals surface area (Å²) in [7, 11) is 0. The Hall–Kier alpha value is -0.120. The van der Waals surface area contributed by atoms with Crippen LogP contribution in [-0.4, -0.2) is 49.8 Å². The van der Waals surface area contributed by atoms with Gasteiger partial charge in [0.2, 0.25) is 0 Å². The Kier molecular flexibility index (Phi) is 6.46. The van der Waals surface area contributed by atoms with E-state index in [-0.39, 0.29) is 0 Å². The number of piperidine rings is 1. The van der Waals surface area contributed by atoms with Crippen molar-refractivity contribution in [2.45, 2.75) is 64.0 Å². The van der Waals surface area contributed by atoms with Crippen LogP contribution < -0.4 is 5.32 Å². The lowest BCUT2D eigenvalue weighted by molar-refractivity contribution is 0.0932. The summed E-state index contributed by atoms with van der Waals surface area (Å²) < 4.78 is 5.71. The van der Waals surface area contributed by atoms with Gasteiger partial charge in [-0.25, -0.2) is 0 Å². The second-order valence-corrected chi connectivity index (χ2v) is 5.79. The van der Waals surface area contributed by atoms with Gasteiger partial charge in [0.05, 0.1) is 6.10 Å². The van der Waals surface area contributed by atoms with E-state index in [2.05, 4.69) is 17.1 Å². The van der Waals surface area contributed by atoms with Crippen LogP contribution in [0.2, 0.25) is 0 Å². The largest absolute Gasteiger partial charge is 0.378 e. The predicted octanol–water partition coefficient (Wildman–Crippen LogP) is 2.41. The van der Waals surface area contributed by atoms with Gasteiger partial charge in [0, 0.05) is 12.6 Å².